The predicted molar refractivity (Wildman–Crippen MR) is 116 cm³/mol. The van der Waals surface area contributed by atoms with E-state index < -0.39 is 10.0 Å². The predicted octanol–water partition coefficient (Wildman–Crippen LogP) is 2.80. The van der Waals surface area contributed by atoms with E-state index in [2.05, 4.69) is 15.0 Å². The molecule has 0 saturated heterocycles. The lowest BCUT2D eigenvalue weighted by molar-refractivity contribution is 0.0951. The second-order valence-electron chi connectivity index (χ2n) is 6.93. The highest BCUT2D eigenvalue weighted by Crippen LogP contribution is 2.35. The van der Waals surface area contributed by atoms with E-state index in [0.717, 1.165) is 11.9 Å². The zero-order valence-corrected chi connectivity index (χ0v) is 18.1. The number of hydrogen-bond acceptors (Lipinski definition) is 5. The second kappa shape index (κ2) is 8.58. The van der Waals surface area contributed by atoms with Gasteiger partial charge in [0.15, 0.2) is 0 Å². The highest BCUT2D eigenvalue weighted by Gasteiger charge is 2.20. The van der Waals surface area contributed by atoms with Crippen LogP contribution in [0.15, 0.2) is 48.9 Å². The van der Waals surface area contributed by atoms with Crippen LogP contribution in [0.4, 0.5) is 5.69 Å². The number of nitrogens with zero attached hydrogens (tertiary/aromatic N) is 2. The molecule has 9 heteroatoms. The molecule has 2 aromatic carbocycles. The van der Waals surface area contributed by atoms with Crippen LogP contribution in [0.25, 0.3) is 5.69 Å². The Morgan fingerprint density at radius 1 is 1.20 bits per heavy atom. The van der Waals surface area contributed by atoms with Crippen LogP contribution in [-0.2, 0) is 16.6 Å². The van der Waals surface area contributed by atoms with E-state index in [1.54, 1.807) is 48.3 Å². The third-order valence-electron chi connectivity index (χ3n) is 4.58. The van der Waals surface area contributed by atoms with Crippen molar-refractivity contribution in [1.82, 2.24) is 14.9 Å². The number of methoxy groups -OCH3 is 1. The molecule has 1 aromatic heterocycles. The summed E-state index contributed by atoms with van der Waals surface area (Å²) in [7, 11) is -2.00. The molecule has 8 nitrogen and oxygen atoms in total. The lowest BCUT2D eigenvalue weighted by Gasteiger charge is -2.20. The van der Waals surface area contributed by atoms with Crippen molar-refractivity contribution in [2.24, 2.45) is 0 Å². The molecule has 0 bridgehead atoms. The smallest absolute Gasteiger partial charge is 0.251 e. The first-order valence-electron chi connectivity index (χ1n) is 9.22. The first-order valence-corrected chi connectivity index (χ1v) is 11.1. The van der Waals surface area contributed by atoms with Crippen LogP contribution in [0.2, 0.25) is 0 Å². The molecular formula is C21H24N4O4S. The average molecular weight is 429 g/mol. The Morgan fingerprint density at radius 2 is 1.90 bits per heavy atom. The number of benzene rings is 2. The van der Waals surface area contributed by atoms with E-state index in [4.69, 9.17) is 4.74 Å². The maximum Gasteiger partial charge on any atom is 0.251 e. The number of imidazole rings is 1. The summed E-state index contributed by atoms with van der Waals surface area (Å²) in [6, 6.07) is 10.5. The molecule has 3 rings (SSSR count). The standard InChI is InChI=1S/C21H24N4O4S/c1-14-12-25(13-23-14)19-10-18(24-30(4,27)28)17(15(2)20(19)29-3)11-22-21(26)16-8-6-5-7-9-16/h5-10,12-13,24H,11H2,1-4H3,(H,22,26). The topological polar surface area (TPSA) is 102 Å². The number of aromatic nitrogens is 2. The SMILES string of the molecule is COc1c(-n2cnc(C)c2)cc(NS(C)(=O)=O)c(CNC(=O)c2ccccc2)c1C. The number of nitrogens with one attached hydrogen (secondary N) is 2. The molecule has 30 heavy (non-hydrogen) atoms. The number of carbonyl (C=O) groups is 1. The number of rotatable bonds is 7. The molecule has 158 valence electrons. The van der Waals surface area contributed by atoms with E-state index in [-0.39, 0.29) is 12.5 Å². The summed E-state index contributed by atoms with van der Waals surface area (Å²) >= 11 is 0. The second-order valence-corrected chi connectivity index (χ2v) is 8.67. The van der Waals surface area contributed by atoms with Gasteiger partial charge in [0.05, 0.1) is 36.8 Å². The first kappa shape index (κ1) is 21.4. The Bertz CT molecular complexity index is 1170. The van der Waals surface area contributed by atoms with Gasteiger partial charge in [0, 0.05) is 29.4 Å². The summed E-state index contributed by atoms with van der Waals surface area (Å²) < 4.78 is 33.9. The zero-order chi connectivity index (χ0) is 21.9. The van der Waals surface area contributed by atoms with E-state index >= 15 is 0 Å². The number of ether oxygens (including phenoxy) is 1. The average Bonchev–Trinajstić information content (AvgIpc) is 3.12. The molecule has 1 heterocycles. The van der Waals surface area contributed by atoms with Crippen molar-refractivity contribution in [2.75, 3.05) is 18.1 Å². The normalized spacial score (nSPS) is 11.2. The number of sulfonamides is 1. The van der Waals surface area contributed by atoms with Crippen molar-refractivity contribution in [3.63, 3.8) is 0 Å². The van der Waals surface area contributed by atoms with Gasteiger partial charge in [-0.25, -0.2) is 13.4 Å². The maximum absolute atomic E-state index is 12.5. The molecule has 1 amide bonds. The van der Waals surface area contributed by atoms with Crippen LogP contribution in [0, 0.1) is 13.8 Å². The quantitative estimate of drug-likeness (QED) is 0.602. The van der Waals surface area contributed by atoms with Gasteiger partial charge in [0.25, 0.3) is 5.91 Å². The molecule has 0 atom stereocenters. The lowest BCUT2D eigenvalue weighted by atomic mass is 10.0. The summed E-state index contributed by atoms with van der Waals surface area (Å²) in [6.07, 6.45) is 4.53. The highest BCUT2D eigenvalue weighted by molar-refractivity contribution is 7.92. The lowest BCUT2D eigenvalue weighted by Crippen LogP contribution is -2.24. The summed E-state index contributed by atoms with van der Waals surface area (Å²) in [5, 5.41) is 2.85. The Balaban J connectivity index is 2.05. The van der Waals surface area contributed by atoms with Crippen molar-refractivity contribution in [3.05, 3.63) is 71.3 Å². The summed E-state index contributed by atoms with van der Waals surface area (Å²) in [4.78, 5) is 16.7. The van der Waals surface area contributed by atoms with Crippen LogP contribution < -0.4 is 14.8 Å². The van der Waals surface area contributed by atoms with Gasteiger partial charge in [-0.05, 0) is 32.0 Å². The van der Waals surface area contributed by atoms with Crippen LogP contribution in [-0.4, -0.2) is 37.2 Å². The Labute approximate surface area is 176 Å². The molecule has 0 spiro atoms. The van der Waals surface area contributed by atoms with Crippen molar-refractivity contribution >= 4 is 21.6 Å². The van der Waals surface area contributed by atoms with Gasteiger partial charge in [0.1, 0.15) is 5.75 Å². The molecular weight excluding hydrogens is 404 g/mol. The minimum atomic E-state index is -3.55. The van der Waals surface area contributed by atoms with E-state index in [1.165, 1.54) is 0 Å². The van der Waals surface area contributed by atoms with Gasteiger partial charge in [-0.1, -0.05) is 18.2 Å². The van der Waals surface area contributed by atoms with Gasteiger partial charge in [-0.15, -0.1) is 0 Å². The van der Waals surface area contributed by atoms with E-state index in [0.29, 0.717) is 33.8 Å². The van der Waals surface area contributed by atoms with Crippen LogP contribution in [0.5, 0.6) is 5.75 Å². The van der Waals surface area contributed by atoms with Gasteiger partial charge >= 0.3 is 0 Å². The molecule has 0 aliphatic heterocycles. The van der Waals surface area contributed by atoms with Crippen molar-refractivity contribution in [3.8, 4) is 11.4 Å². The minimum absolute atomic E-state index is 0.122. The van der Waals surface area contributed by atoms with Crippen LogP contribution >= 0.6 is 0 Å². The molecule has 0 aliphatic rings. The molecule has 0 aliphatic carbocycles. The Kier molecular flexibility index (Phi) is 6.12. The third-order valence-corrected chi connectivity index (χ3v) is 5.17. The number of aryl methyl sites for hydroxylation is 1. The molecule has 3 aromatic rings. The Morgan fingerprint density at radius 3 is 2.47 bits per heavy atom. The fraction of sp³-hybridized carbons (Fsp3) is 0.238. The molecule has 2 N–H and O–H groups in total. The molecule has 0 saturated carbocycles. The van der Waals surface area contributed by atoms with E-state index in [1.807, 2.05) is 26.1 Å². The van der Waals surface area contributed by atoms with E-state index in [9.17, 15) is 13.2 Å². The third kappa shape index (κ3) is 4.80. The van der Waals surface area contributed by atoms with Gasteiger partial charge in [-0.3, -0.25) is 9.52 Å². The highest BCUT2D eigenvalue weighted by atomic mass is 32.2. The summed E-state index contributed by atoms with van der Waals surface area (Å²) in [5.41, 5.74) is 3.66. The number of carbonyl (C=O) groups excluding carboxylic acids is 1. The minimum Gasteiger partial charge on any atom is -0.494 e. The first-order chi connectivity index (χ1) is 14.2. The van der Waals surface area contributed by atoms with Crippen LogP contribution in [0.3, 0.4) is 0 Å². The van der Waals surface area contributed by atoms with Gasteiger partial charge in [0.2, 0.25) is 10.0 Å². The Hall–Kier alpha value is -3.33. The fourth-order valence-electron chi connectivity index (χ4n) is 3.20. The monoisotopic (exact) mass is 428 g/mol. The zero-order valence-electron chi connectivity index (χ0n) is 17.3. The number of anilines is 1. The maximum atomic E-state index is 12.5. The fourth-order valence-corrected chi connectivity index (χ4v) is 3.78. The van der Waals surface area contributed by atoms with Gasteiger partial charge < -0.3 is 14.6 Å². The molecule has 0 fully saturated rings. The number of amides is 1. The van der Waals surface area contributed by atoms with Crippen LogP contribution in [0.1, 0.15) is 27.2 Å². The largest absolute Gasteiger partial charge is 0.494 e. The summed E-state index contributed by atoms with van der Waals surface area (Å²) in [5.74, 6) is 0.309. The molecule has 0 unspecified atom stereocenters. The number of hydrogen-bond donors (Lipinski definition) is 2. The summed E-state index contributed by atoms with van der Waals surface area (Å²) in [6.45, 7) is 3.81. The van der Waals surface area contributed by atoms with Crippen molar-refractivity contribution in [1.29, 1.82) is 0 Å². The van der Waals surface area contributed by atoms with Crippen molar-refractivity contribution in [2.45, 2.75) is 20.4 Å². The molecule has 0 radical (unpaired) electrons. The van der Waals surface area contributed by atoms with Crippen molar-refractivity contribution < 1.29 is 17.9 Å². The van der Waals surface area contributed by atoms with Gasteiger partial charge in [-0.2, -0.15) is 0 Å².